The average molecular weight is 472 g/mol. The molecule has 0 aliphatic carbocycles. The number of aromatic nitrogens is 3. The molecule has 2 aromatic carbocycles. The van der Waals surface area contributed by atoms with Crippen molar-refractivity contribution in [3.63, 3.8) is 0 Å². The molecule has 3 N–H and O–H groups in total. The monoisotopic (exact) mass is 471 g/mol. The minimum Gasteiger partial charge on any atom is -0.462 e. The third-order valence-electron chi connectivity index (χ3n) is 5.01. The predicted molar refractivity (Wildman–Crippen MR) is 104 cm³/mol. The third kappa shape index (κ3) is 4.30. The summed E-state index contributed by atoms with van der Waals surface area (Å²) in [5.41, 5.74) is -0.138. The average Bonchev–Trinajstić information content (AvgIpc) is 3.25. The molecule has 12 heteroatoms. The Morgan fingerprint density at radius 1 is 1.06 bits per heavy atom. The van der Waals surface area contributed by atoms with Gasteiger partial charge in [0.25, 0.3) is 0 Å². The highest BCUT2D eigenvalue weighted by molar-refractivity contribution is 6.30. The van der Waals surface area contributed by atoms with Crippen molar-refractivity contribution in [3.05, 3.63) is 65.1 Å². The van der Waals surface area contributed by atoms with E-state index in [1.54, 1.807) is 12.1 Å². The van der Waals surface area contributed by atoms with Gasteiger partial charge >= 0.3 is 0 Å². The molecule has 1 aliphatic rings. The Morgan fingerprint density at radius 3 is 2.34 bits per heavy atom. The van der Waals surface area contributed by atoms with Crippen LogP contribution in [0.25, 0.3) is 11.3 Å². The first-order chi connectivity index (χ1) is 15.3. The van der Waals surface area contributed by atoms with E-state index < -0.39 is 54.7 Å². The van der Waals surface area contributed by atoms with E-state index in [2.05, 4.69) is 10.3 Å². The molecule has 0 amide bonds. The zero-order valence-electron chi connectivity index (χ0n) is 16.1. The van der Waals surface area contributed by atoms with Crippen LogP contribution in [-0.4, -0.2) is 61.5 Å². The fourth-order valence-electron chi connectivity index (χ4n) is 3.38. The third-order valence-corrected chi connectivity index (χ3v) is 5.26. The number of aliphatic hydroxyl groups is 3. The van der Waals surface area contributed by atoms with Gasteiger partial charge in [-0.1, -0.05) is 16.8 Å². The summed E-state index contributed by atoms with van der Waals surface area (Å²) in [5, 5.41) is 39.1. The molecule has 2 unspecified atom stereocenters. The Kier molecular flexibility index (Phi) is 6.35. The van der Waals surface area contributed by atoms with Gasteiger partial charge in [0.05, 0.1) is 12.8 Å². The van der Waals surface area contributed by atoms with Crippen LogP contribution < -0.4 is 4.74 Å². The molecule has 3 aromatic rings. The van der Waals surface area contributed by atoms with Crippen molar-refractivity contribution < 1.29 is 38.0 Å². The number of halogens is 4. The van der Waals surface area contributed by atoms with E-state index in [1.165, 1.54) is 18.3 Å². The highest BCUT2D eigenvalue weighted by atomic mass is 35.5. The number of hydrogen-bond donors (Lipinski definition) is 3. The number of rotatable bonds is 5. The molecule has 5 atom stereocenters. The number of benzene rings is 2. The maximum Gasteiger partial charge on any atom is 0.228 e. The first-order valence-corrected chi connectivity index (χ1v) is 9.77. The fourth-order valence-corrected chi connectivity index (χ4v) is 3.51. The lowest BCUT2D eigenvalue weighted by Crippen LogP contribution is -2.57. The van der Waals surface area contributed by atoms with Crippen LogP contribution in [0.4, 0.5) is 13.2 Å². The molecular weight excluding hydrogens is 455 g/mol. The van der Waals surface area contributed by atoms with Gasteiger partial charge in [0.1, 0.15) is 35.8 Å². The van der Waals surface area contributed by atoms with E-state index in [9.17, 15) is 28.5 Å². The summed E-state index contributed by atoms with van der Waals surface area (Å²) in [7, 11) is 0. The molecule has 170 valence electrons. The molecular formula is C20H17ClF3N3O5. The first-order valence-electron chi connectivity index (χ1n) is 9.40. The largest absolute Gasteiger partial charge is 0.462 e. The summed E-state index contributed by atoms with van der Waals surface area (Å²) >= 11 is 5.84. The summed E-state index contributed by atoms with van der Waals surface area (Å²) in [5.74, 6) is -4.12. The summed E-state index contributed by atoms with van der Waals surface area (Å²) < 4.78 is 52.6. The van der Waals surface area contributed by atoms with Crippen LogP contribution in [-0.2, 0) is 4.74 Å². The molecule has 0 radical (unpaired) electrons. The number of ether oxygens (including phenoxy) is 2. The van der Waals surface area contributed by atoms with Crippen LogP contribution in [0.1, 0.15) is 6.04 Å². The molecule has 2 heterocycles. The van der Waals surface area contributed by atoms with E-state index >= 15 is 0 Å². The number of aliphatic hydroxyl groups excluding tert-OH is 3. The van der Waals surface area contributed by atoms with E-state index in [-0.39, 0.29) is 11.3 Å². The van der Waals surface area contributed by atoms with Crippen molar-refractivity contribution >= 4 is 11.6 Å². The summed E-state index contributed by atoms with van der Waals surface area (Å²) in [4.78, 5) is 0. The van der Waals surface area contributed by atoms with Gasteiger partial charge in [0.15, 0.2) is 17.5 Å². The minimum atomic E-state index is -1.62. The molecule has 1 saturated heterocycles. The molecule has 8 nitrogen and oxygen atoms in total. The summed E-state index contributed by atoms with van der Waals surface area (Å²) in [6.45, 7) is -0.596. The summed E-state index contributed by atoms with van der Waals surface area (Å²) in [6.07, 6.45) is -4.16. The Hall–Kier alpha value is -2.70. The van der Waals surface area contributed by atoms with Crippen LogP contribution in [0.15, 0.2) is 42.6 Å². The zero-order chi connectivity index (χ0) is 23.0. The van der Waals surface area contributed by atoms with E-state index in [4.69, 9.17) is 21.1 Å². The van der Waals surface area contributed by atoms with Crippen molar-refractivity contribution in [2.24, 2.45) is 0 Å². The quantitative estimate of drug-likeness (QED) is 0.489. The number of hydrogen-bond acceptors (Lipinski definition) is 7. The Bertz CT molecular complexity index is 1080. The van der Waals surface area contributed by atoms with Gasteiger partial charge in [0.2, 0.25) is 6.29 Å². The van der Waals surface area contributed by atoms with Crippen molar-refractivity contribution in [2.45, 2.75) is 30.6 Å². The minimum absolute atomic E-state index is 0.0376. The van der Waals surface area contributed by atoms with Gasteiger partial charge in [-0.2, -0.15) is 0 Å². The van der Waals surface area contributed by atoms with E-state index in [1.807, 2.05) is 0 Å². The maximum atomic E-state index is 13.6. The molecule has 0 bridgehead atoms. The van der Waals surface area contributed by atoms with Gasteiger partial charge < -0.3 is 24.8 Å². The second-order valence-corrected chi connectivity index (χ2v) is 7.54. The number of nitrogens with zero attached hydrogens (tertiary/aromatic N) is 3. The van der Waals surface area contributed by atoms with Crippen molar-refractivity contribution in [1.82, 2.24) is 15.0 Å². The molecule has 4 rings (SSSR count). The second kappa shape index (κ2) is 9.04. The summed E-state index contributed by atoms with van der Waals surface area (Å²) in [6, 6.07) is 6.49. The lowest BCUT2D eigenvalue weighted by Gasteiger charge is -2.41. The fraction of sp³-hybridized carbons (Fsp3) is 0.300. The molecule has 1 aromatic heterocycles. The first kappa shape index (κ1) is 22.5. The van der Waals surface area contributed by atoms with Crippen LogP contribution in [0.5, 0.6) is 5.75 Å². The van der Waals surface area contributed by atoms with Crippen molar-refractivity contribution in [1.29, 1.82) is 0 Å². The van der Waals surface area contributed by atoms with Gasteiger partial charge in [-0.3, -0.25) is 0 Å². The van der Waals surface area contributed by atoms with E-state index in [0.29, 0.717) is 10.8 Å². The SMILES string of the molecule is OCC1O[C@H](Oc2ccc(Cl)cc2)C(O)[C@@H](n2cc(-c3cc(F)c(F)c(F)c3)nn2)[C@H]1O. The van der Waals surface area contributed by atoms with Crippen LogP contribution >= 0.6 is 11.6 Å². The molecule has 1 fully saturated rings. The Balaban J connectivity index is 1.63. The molecule has 0 saturated carbocycles. The Morgan fingerprint density at radius 2 is 1.72 bits per heavy atom. The maximum absolute atomic E-state index is 13.6. The highest BCUT2D eigenvalue weighted by Crippen LogP contribution is 2.32. The zero-order valence-corrected chi connectivity index (χ0v) is 16.9. The van der Waals surface area contributed by atoms with Gasteiger partial charge in [0, 0.05) is 10.6 Å². The lowest BCUT2D eigenvalue weighted by atomic mass is 9.96. The van der Waals surface area contributed by atoms with Crippen LogP contribution in [0.3, 0.4) is 0 Å². The molecule has 1 aliphatic heterocycles. The van der Waals surface area contributed by atoms with Crippen molar-refractivity contribution in [2.75, 3.05) is 6.61 Å². The standard InChI is InChI=1S/C20H17ClF3N3O5/c21-10-1-3-11(4-2-10)31-20-19(30)17(18(29)15(8-28)32-20)27-7-14(25-26-27)9-5-12(22)16(24)13(23)6-9/h1-7,15,17-20,28-30H,8H2/t15?,17-,18-,19?,20-/m0/s1. The Labute approximate surface area is 184 Å². The van der Waals surface area contributed by atoms with Crippen LogP contribution in [0, 0.1) is 17.5 Å². The van der Waals surface area contributed by atoms with Gasteiger partial charge in [-0.15, -0.1) is 5.10 Å². The van der Waals surface area contributed by atoms with Crippen molar-refractivity contribution in [3.8, 4) is 17.0 Å². The van der Waals surface area contributed by atoms with Gasteiger partial charge in [-0.25, -0.2) is 17.9 Å². The molecule has 0 spiro atoms. The smallest absolute Gasteiger partial charge is 0.228 e. The molecule has 32 heavy (non-hydrogen) atoms. The van der Waals surface area contributed by atoms with Gasteiger partial charge in [-0.05, 0) is 36.4 Å². The topological polar surface area (TPSA) is 110 Å². The lowest BCUT2D eigenvalue weighted by molar-refractivity contribution is -0.260. The van der Waals surface area contributed by atoms with Crippen LogP contribution in [0.2, 0.25) is 5.02 Å². The van der Waals surface area contributed by atoms with E-state index in [0.717, 1.165) is 16.8 Å². The second-order valence-electron chi connectivity index (χ2n) is 7.11. The predicted octanol–water partition coefficient (Wildman–Crippen LogP) is 2.07. The normalized spacial score (nSPS) is 25.7. The highest BCUT2D eigenvalue weighted by Gasteiger charge is 2.47.